The molecule has 0 atom stereocenters. The second-order valence-corrected chi connectivity index (χ2v) is 6.90. The smallest absolute Gasteiger partial charge is 0.162 e. The molecule has 0 spiro atoms. The van der Waals surface area contributed by atoms with E-state index in [0.29, 0.717) is 12.8 Å². The van der Waals surface area contributed by atoms with Gasteiger partial charge in [0.25, 0.3) is 0 Å². The molecule has 2 nitrogen and oxygen atoms in total. The lowest BCUT2D eigenvalue weighted by Crippen LogP contribution is -2.29. The van der Waals surface area contributed by atoms with Gasteiger partial charge in [-0.3, -0.25) is 0 Å². The van der Waals surface area contributed by atoms with E-state index in [4.69, 9.17) is 0 Å². The number of hydrogen-bond acceptors (Lipinski definition) is 2. The Bertz CT molecular complexity index is 219. The zero-order chi connectivity index (χ0) is 14.7. The van der Waals surface area contributed by atoms with Crippen LogP contribution >= 0.6 is 0 Å². The first kappa shape index (κ1) is 18.0. The van der Waals surface area contributed by atoms with Crippen LogP contribution in [0.15, 0.2) is 0 Å². The van der Waals surface area contributed by atoms with E-state index in [0.717, 1.165) is 25.2 Å². The fraction of sp³-hybridized carbons (Fsp3) is 1.00. The summed E-state index contributed by atoms with van der Waals surface area (Å²) in [6.07, 6.45) is 17.4. The highest BCUT2D eigenvalue weighted by molar-refractivity contribution is 4.71. The summed E-state index contributed by atoms with van der Waals surface area (Å²) in [7, 11) is 0. The van der Waals surface area contributed by atoms with E-state index in [9.17, 15) is 10.2 Å². The van der Waals surface area contributed by atoms with E-state index >= 15 is 0 Å². The fourth-order valence-electron chi connectivity index (χ4n) is 3.40. The molecule has 0 heterocycles. The first-order chi connectivity index (χ1) is 9.64. The molecular weight excluding hydrogens is 248 g/mol. The molecule has 0 radical (unpaired) electrons. The predicted octanol–water partition coefficient (Wildman–Crippen LogP) is 5.17. The monoisotopic (exact) mass is 284 g/mol. The van der Waals surface area contributed by atoms with E-state index < -0.39 is 5.79 Å². The van der Waals surface area contributed by atoms with Gasteiger partial charge in [-0.15, -0.1) is 0 Å². The number of rotatable bonds is 11. The maximum absolute atomic E-state index is 10.0. The molecule has 0 amide bonds. The second kappa shape index (κ2) is 10.6. The van der Waals surface area contributed by atoms with E-state index in [-0.39, 0.29) is 0 Å². The van der Waals surface area contributed by atoms with Crippen molar-refractivity contribution < 1.29 is 10.2 Å². The molecule has 0 bridgehead atoms. The number of aliphatic hydroxyl groups is 2. The molecule has 1 saturated carbocycles. The van der Waals surface area contributed by atoms with Crippen molar-refractivity contribution in [3.63, 3.8) is 0 Å². The standard InChI is InChI=1S/C18H36O2/c1-2-3-4-5-6-7-11-15-18(19,20)16-14-17-12-9-8-10-13-17/h17,19-20H,2-16H2,1H3. The van der Waals surface area contributed by atoms with Crippen LogP contribution in [-0.4, -0.2) is 16.0 Å². The summed E-state index contributed by atoms with van der Waals surface area (Å²) in [5, 5.41) is 20.1. The number of hydrogen-bond donors (Lipinski definition) is 2. The molecule has 0 saturated heterocycles. The van der Waals surface area contributed by atoms with Crippen LogP contribution in [0.2, 0.25) is 0 Å². The molecular formula is C18H36O2. The Morgan fingerprint density at radius 3 is 2.05 bits per heavy atom. The Labute approximate surface area is 126 Å². The van der Waals surface area contributed by atoms with Gasteiger partial charge in [-0.1, -0.05) is 77.6 Å². The molecule has 0 aromatic rings. The molecule has 0 unspecified atom stereocenters. The zero-order valence-electron chi connectivity index (χ0n) is 13.6. The largest absolute Gasteiger partial charge is 0.366 e. The van der Waals surface area contributed by atoms with E-state index in [1.807, 2.05) is 0 Å². The average molecular weight is 284 g/mol. The molecule has 1 aliphatic carbocycles. The Kier molecular flexibility index (Phi) is 9.54. The Balaban J connectivity index is 1.99. The predicted molar refractivity (Wildman–Crippen MR) is 85.6 cm³/mol. The average Bonchev–Trinajstić information content (AvgIpc) is 2.45. The van der Waals surface area contributed by atoms with Crippen molar-refractivity contribution in [3.8, 4) is 0 Å². The Hall–Kier alpha value is -0.0800. The van der Waals surface area contributed by atoms with Crippen molar-refractivity contribution in [2.24, 2.45) is 5.92 Å². The third-order valence-electron chi connectivity index (χ3n) is 4.86. The highest BCUT2D eigenvalue weighted by Gasteiger charge is 2.24. The van der Waals surface area contributed by atoms with Crippen molar-refractivity contribution in [2.75, 3.05) is 0 Å². The molecule has 1 aliphatic rings. The van der Waals surface area contributed by atoms with Crippen molar-refractivity contribution >= 4 is 0 Å². The van der Waals surface area contributed by atoms with Crippen molar-refractivity contribution in [1.82, 2.24) is 0 Å². The summed E-state index contributed by atoms with van der Waals surface area (Å²) >= 11 is 0. The molecule has 0 aromatic carbocycles. The summed E-state index contributed by atoms with van der Waals surface area (Å²) in [6, 6.07) is 0. The molecule has 20 heavy (non-hydrogen) atoms. The topological polar surface area (TPSA) is 40.5 Å². The van der Waals surface area contributed by atoms with Crippen LogP contribution in [0.1, 0.15) is 103 Å². The summed E-state index contributed by atoms with van der Waals surface area (Å²) < 4.78 is 0. The maximum Gasteiger partial charge on any atom is 0.162 e. The van der Waals surface area contributed by atoms with Crippen LogP contribution in [0.4, 0.5) is 0 Å². The third kappa shape index (κ3) is 8.97. The summed E-state index contributed by atoms with van der Waals surface area (Å²) in [6.45, 7) is 2.23. The Morgan fingerprint density at radius 1 is 0.800 bits per heavy atom. The van der Waals surface area contributed by atoms with Crippen molar-refractivity contribution in [3.05, 3.63) is 0 Å². The van der Waals surface area contributed by atoms with E-state index in [1.54, 1.807) is 0 Å². The zero-order valence-corrected chi connectivity index (χ0v) is 13.6. The van der Waals surface area contributed by atoms with Gasteiger partial charge in [0.2, 0.25) is 0 Å². The van der Waals surface area contributed by atoms with Crippen LogP contribution in [-0.2, 0) is 0 Å². The van der Waals surface area contributed by atoms with Gasteiger partial charge in [-0.25, -0.2) is 0 Å². The first-order valence-electron chi connectivity index (χ1n) is 9.09. The van der Waals surface area contributed by atoms with Gasteiger partial charge < -0.3 is 10.2 Å². The van der Waals surface area contributed by atoms with E-state index in [1.165, 1.54) is 64.2 Å². The van der Waals surface area contributed by atoms with Gasteiger partial charge in [0.05, 0.1) is 0 Å². The van der Waals surface area contributed by atoms with E-state index in [2.05, 4.69) is 6.92 Å². The lowest BCUT2D eigenvalue weighted by atomic mass is 9.84. The second-order valence-electron chi connectivity index (χ2n) is 6.90. The molecule has 1 rings (SSSR count). The molecule has 120 valence electrons. The van der Waals surface area contributed by atoms with Gasteiger partial charge >= 0.3 is 0 Å². The van der Waals surface area contributed by atoms with Crippen LogP contribution in [0.5, 0.6) is 0 Å². The quantitative estimate of drug-likeness (QED) is 0.406. The summed E-state index contributed by atoms with van der Waals surface area (Å²) in [4.78, 5) is 0. The van der Waals surface area contributed by atoms with Crippen LogP contribution < -0.4 is 0 Å². The normalized spacial score (nSPS) is 17.6. The Morgan fingerprint density at radius 2 is 1.40 bits per heavy atom. The fourth-order valence-corrected chi connectivity index (χ4v) is 3.40. The highest BCUT2D eigenvalue weighted by Crippen LogP contribution is 2.30. The van der Waals surface area contributed by atoms with Gasteiger partial charge in [0, 0.05) is 12.8 Å². The molecule has 1 fully saturated rings. The minimum atomic E-state index is -1.40. The SMILES string of the molecule is CCCCCCCCCC(O)(O)CCC1CCCCC1. The van der Waals surface area contributed by atoms with Gasteiger partial charge in [-0.05, 0) is 18.8 Å². The van der Waals surface area contributed by atoms with Crippen LogP contribution in [0.25, 0.3) is 0 Å². The summed E-state index contributed by atoms with van der Waals surface area (Å²) in [5.74, 6) is -0.655. The maximum atomic E-state index is 10.0. The molecule has 0 aromatic heterocycles. The minimum Gasteiger partial charge on any atom is -0.366 e. The van der Waals surface area contributed by atoms with Gasteiger partial charge in [0.1, 0.15) is 0 Å². The van der Waals surface area contributed by atoms with Gasteiger partial charge in [-0.2, -0.15) is 0 Å². The van der Waals surface area contributed by atoms with Crippen LogP contribution in [0, 0.1) is 5.92 Å². The highest BCUT2D eigenvalue weighted by atomic mass is 16.5. The van der Waals surface area contributed by atoms with Crippen molar-refractivity contribution in [2.45, 2.75) is 109 Å². The van der Waals surface area contributed by atoms with Gasteiger partial charge in [0.15, 0.2) is 5.79 Å². The van der Waals surface area contributed by atoms with Crippen molar-refractivity contribution in [1.29, 1.82) is 0 Å². The minimum absolute atomic E-state index is 0.563. The molecule has 0 aliphatic heterocycles. The number of unbranched alkanes of at least 4 members (excludes halogenated alkanes) is 6. The third-order valence-corrected chi connectivity index (χ3v) is 4.86. The lowest BCUT2D eigenvalue weighted by Gasteiger charge is -2.26. The van der Waals surface area contributed by atoms with Crippen LogP contribution in [0.3, 0.4) is 0 Å². The molecule has 2 N–H and O–H groups in total. The summed E-state index contributed by atoms with van der Waals surface area (Å²) in [5.41, 5.74) is 0. The first-order valence-corrected chi connectivity index (χ1v) is 9.09. The molecule has 2 heteroatoms. The lowest BCUT2D eigenvalue weighted by molar-refractivity contribution is -0.173.